The molecule has 1 aromatic carbocycles. The second kappa shape index (κ2) is 5.39. The van der Waals surface area contributed by atoms with Crippen molar-refractivity contribution in [3.63, 3.8) is 0 Å². The van der Waals surface area contributed by atoms with E-state index in [1.54, 1.807) is 0 Å². The molecule has 19 heavy (non-hydrogen) atoms. The monoisotopic (exact) mass is 254 g/mol. The normalized spacial score (nSPS) is 13.9. The van der Waals surface area contributed by atoms with Crippen molar-refractivity contribution < 1.29 is 4.74 Å². The fourth-order valence-corrected chi connectivity index (χ4v) is 2.45. The molecule has 2 aromatic rings. The topological polar surface area (TPSA) is 35.0 Å². The van der Waals surface area contributed by atoms with Gasteiger partial charge >= 0.3 is 0 Å². The summed E-state index contributed by atoms with van der Waals surface area (Å²) in [6.45, 7) is 2.08. The van der Waals surface area contributed by atoms with Crippen LogP contribution in [0.25, 0.3) is 0 Å². The highest BCUT2D eigenvalue weighted by Crippen LogP contribution is 2.30. The van der Waals surface area contributed by atoms with Crippen molar-refractivity contribution in [2.45, 2.75) is 39.0 Å². The molecular weight excluding hydrogens is 236 g/mol. The van der Waals surface area contributed by atoms with Gasteiger partial charge in [-0.3, -0.25) is 0 Å². The lowest BCUT2D eigenvalue weighted by atomic mass is 9.97. The summed E-state index contributed by atoms with van der Waals surface area (Å²) >= 11 is 0. The summed E-state index contributed by atoms with van der Waals surface area (Å²) in [5, 5.41) is 0. The van der Waals surface area contributed by atoms with E-state index in [-0.39, 0.29) is 0 Å². The number of para-hydroxylation sites is 1. The molecule has 3 nitrogen and oxygen atoms in total. The van der Waals surface area contributed by atoms with Crippen LogP contribution in [0.5, 0.6) is 11.6 Å². The smallest absolute Gasteiger partial charge is 0.226 e. The third-order valence-corrected chi connectivity index (χ3v) is 3.47. The Morgan fingerprint density at radius 1 is 1.05 bits per heavy atom. The third kappa shape index (κ3) is 2.60. The van der Waals surface area contributed by atoms with Gasteiger partial charge in [0.05, 0.1) is 5.69 Å². The van der Waals surface area contributed by atoms with E-state index in [1.807, 2.05) is 30.3 Å². The molecule has 0 bridgehead atoms. The molecule has 0 atom stereocenters. The van der Waals surface area contributed by atoms with Gasteiger partial charge in [0.15, 0.2) is 0 Å². The van der Waals surface area contributed by atoms with Crippen LogP contribution in [0.2, 0.25) is 0 Å². The van der Waals surface area contributed by atoms with Crippen molar-refractivity contribution in [2.24, 2.45) is 0 Å². The second-order valence-electron chi connectivity index (χ2n) is 4.85. The van der Waals surface area contributed by atoms with Crippen LogP contribution in [-0.4, -0.2) is 9.97 Å². The van der Waals surface area contributed by atoms with Gasteiger partial charge in [0.2, 0.25) is 5.88 Å². The van der Waals surface area contributed by atoms with Crippen molar-refractivity contribution in [1.82, 2.24) is 9.97 Å². The van der Waals surface area contributed by atoms with E-state index in [0.29, 0.717) is 0 Å². The lowest BCUT2D eigenvalue weighted by Gasteiger charge is -2.18. The van der Waals surface area contributed by atoms with Gasteiger partial charge in [-0.25, -0.2) is 4.98 Å². The summed E-state index contributed by atoms with van der Waals surface area (Å²) in [6.07, 6.45) is 5.35. The summed E-state index contributed by atoms with van der Waals surface area (Å²) < 4.78 is 5.97. The van der Waals surface area contributed by atoms with E-state index in [0.717, 1.165) is 36.7 Å². The number of fused-ring (bicyclic) bond motifs is 1. The van der Waals surface area contributed by atoms with E-state index < -0.39 is 0 Å². The highest BCUT2D eigenvalue weighted by molar-refractivity contribution is 5.36. The highest BCUT2D eigenvalue weighted by Gasteiger charge is 2.18. The fraction of sp³-hybridized carbons (Fsp3) is 0.375. The van der Waals surface area contributed by atoms with Crippen LogP contribution >= 0.6 is 0 Å². The molecule has 0 aliphatic heterocycles. The SMILES string of the molecule is CCc1nc2c(c(Oc3ccccc3)n1)CCCC2. The van der Waals surface area contributed by atoms with Crippen LogP contribution in [0, 0.1) is 0 Å². The first-order valence-corrected chi connectivity index (χ1v) is 6.98. The Labute approximate surface area is 113 Å². The molecule has 0 amide bonds. The summed E-state index contributed by atoms with van der Waals surface area (Å²) in [4.78, 5) is 9.21. The van der Waals surface area contributed by atoms with E-state index in [9.17, 15) is 0 Å². The van der Waals surface area contributed by atoms with Gasteiger partial charge in [-0.1, -0.05) is 25.1 Å². The highest BCUT2D eigenvalue weighted by atomic mass is 16.5. The maximum absolute atomic E-state index is 5.97. The van der Waals surface area contributed by atoms with Crippen LogP contribution < -0.4 is 4.74 Å². The molecule has 3 rings (SSSR count). The Morgan fingerprint density at radius 3 is 2.63 bits per heavy atom. The van der Waals surface area contributed by atoms with Gasteiger partial charge in [-0.2, -0.15) is 4.98 Å². The first-order chi connectivity index (χ1) is 9.36. The molecule has 0 N–H and O–H groups in total. The molecule has 1 aliphatic carbocycles. The Bertz CT molecular complexity index is 566. The number of benzene rings is 1. The zero-order valence-electron chi connectivity index (χ0n) is 11.2. The molecule has 1 aliphatic rings. The Hall–Kier alpha value is -1.90. The molecule has 0 spiro atoms. The molecule has 0 radical (unpaired) electrons. The molecule has 0 fully saturated rings. The van der Waals surface area contributed by atoms with Crippen molar-refractivity contribution in [1.29, 1.82) is 0 Å². The average molecular weight is 254 g/mol. The minimum atomic E-state index is 0.757. The lowest BCUT2D eigenvalue weighted by molar-refractivity contribution is 0.443. The van der Waals surface area contributed by atoms with Gasteiger partial charge in [0, 0.05) is 12.0 Å². The largest absolute Gasteiger partial charge is 0.439 e. The van der Waals surface area contributed by atoms with Crippen LogP contribution in [0.1, 0.15) is 36.8 Å². The number of aromatic nitrogens is 2. The average Bonchev–Trinajstić information content (AvgIpc) is 2.48. The quantitative estimate of drug-likeness (QED) is 0.837. The van der Waals surface area contributed by atoms with Crippen molar-refractivity contribution >= 4 is 0 Å². The second-order valence-corrected chi connectivity index (χ2v) is 4.85. The fourth-order valence-electron chi connectivity index (χ4n) is 2.45. The van der Waals surface area contributed by atoms with Gasteiger partial charge in [0.25, 0.3) is 0 Å². The van der Waals surface area contributed by atoms with Gasteiger partial charge in [-0.15, -0.1) is 0 Å². The zero-order valence-corrected chi connectivity index (χ0v) is 11.2. The predicted octanol–water partition coefficient (Wildman–Crippen LogP) is 3.71. The predicted molar refractivity (Wildman–Crippen MR) is 74.6 cm³/mol. The van der Waals surface area contributed by atoms with E-state index >= 15 is 0 Å². The maximum Gasteiger partial charge on any atom is 0.226 e. The van der Waals surface area contributed by atoms with Crippen LogP contribution in [0.4, 0.5) is 0 Å². The Balaban J connectivity index is 1.99. The molecule has 0 unspecified atom stereocenters. The molecule has 1 heterocycles. The molecule has 1 aromatic heterocycles. The minimum Gasteiger partial charge on any atom is -0.439 e. The van der Waals surface area contributed by atoms with Gasteiger partial charge in [-0.05, 0) is 37.8 Å². The Kier molecular flexibility index (Phi) is 3.45. The lowest BCUT2D eigenvalue weighted by Crippen LogP contribution is -2.11. The summed E-state index contributed by atoms with van der Waals surface area (Å²) in [5.74, 6) is 2.48. The third-order valence-electron chi connectivity index (χ3n) is 3.47. The van der Waals surface area contributed by atoms with Gasteiger partial charge < -0.3 is 4.74 Å². The molecule has 98 valence electrons. The molecule has 0 saturated heterocycles. The van der Waals surface area contributed by atoms with Crippen molar-refractivity contribution in [3.05, 3.63) is 47.4 Å². The van der Waals surface area contributed by atoms with Crippen LogP contribution in [0.15, 0.2) is 30.3 Å². The number of nitrogens with zero attached hydrogens (tertiary/aromatic N) is 2. The molecule has 3 heteroatoms. The first-order valence-electron chi connectivity index (χ1n) is 6.98. The summed E-state index contributed by atoms with van der Waals surface area (Å²) in [6, 6.07) is 9.86. The molecular formula is C16H18N2O. The standard InChI is InChI=1S/C16H18N2O/c1-2-15-17-14-11-7-6-10-13(14)16(18-15)19-12-8-4-3-5-9-12/h3-5,8-9H,2,6-7,10-11H2,1H3. The van der Waals surface area contributed by atoms with E-state index in [4.69, 9.17) is 4.74 Å². The zero-order chi connectivity index (χ0) is 13.1. The van der Waals surface area contributed by atoms with Crippen LogP contribution in [-0.2, 0) is 19.3 Å². The minimum absolute atomic E-state index is 0.757. The number of ether oxygens (including phenoxy) is 1. The number of rotatable bonds is 3. The Morgan fingerprint density at radius 2 is 1.84 bits per heavy atom. The molecule has 0 saturated carbocycles. The summed E-state index contributed by atoms with van der Waals surface area (Å²) in [7, 11) is 0. The number of hydrogen-bond acceptors (Lipinski definition) is 3. The first kappa shape index (κ1) is 12.2. The van der Waals surface area contributed by atoms with Gasteiger partial charge in [0.1, 0.15) is 11.6 Å². The maximum atomic E-state index is 5.97. The van der Waals surface area contributed by atoms with Crippen molar-refractivity contribution in [3.8, 4) is 11.6 Å². The van der Waals surface area contributed by atoms with Crippen LogP contribution in [0.3, 0.4) is 0 Å². The van der Waals surface area contributed by atoms with E-state index in [2.05, 4.69) is 16.9 Å². The van der Waals surface area contributed by atoms with Crippen molar-refractivity contribution in [2.75, 3.05) is 0 Å². The van der Waals surface area contributed by atoms with E-state index in [1.165, 1.54) is 24.1 Å². The number of hydrogen-bond donors (Lipinski definition) is 0. The number of aryl methyl sites for hydroxylation is 2. The summed E-state index contributed by atoms with van der Waals surface area (Å²) in [5.41, 5.74) is 2.39.